The van der Waals surface area contributed by atoms with Crippen LogP contribution in [0.3, 0.4) is 0 Å². The largest absolute Gasteiger partial charge is 0.388 e. The Hall–Kier alpha value is -0.0800. The standard InChI is InChI=1S/C14H27N3O2.HI/c1-13(2)10(8-11(13)19-4)17-12(15-3)16-9-14(18)6-5-7-14;/h10-11,18H,5-9H2,1-4H3,(H2,15,16,17);1H. The van der Waals surface area contributed by atoms with Crippen LogP contribution in [-0.2, 0) is 4.74 Å². The van der Waals surface area contributed by atoms with Gasteiger partial charge in [0.05, 0.1) is 11.7 Å². The number of hydrogen-bond acceptors (Lipinski definition) is 3. The minimum atomic E-state index is -0.526. The summed E-state index contributed by atoms with van der Waals surface area (Å²) in [7, 11) is 3.53. The second-order valence-corrected chi connectivity index (χ2v) is 6.48. The first-order valence-corrected chi connectivity index (χ1v) is 7.14. The van der Waals surface area contributed by atoms with E-state index in [0.717, 1.165) is 31.6 Å². The van der Waals surface area contributed by atoms with Gasteiger partial charge in [0.25, 0.3) is 0 Å². The van der Waals surface area contributed by atoms with E-state index in [-0.39, 0.29) is 29.4 Å². The van der Waals surface area contributed by atoms with Crippen LogP contribution >= 0.6 is 24.0 Å². The van der Waals surface area contributed by atoms with Crippen molar-refractivity contribution >= 4 is 29.9 Å². The zero-order valence-electron chi connectivity index (χ0n) is 12.9. The summed E-state index contributed by atoms with van der Waals surface area (Å²) in [5.41, 5.74) is -0.415. The van der Waals surface area contributed by atoms with Crippen molar-refractivity contribution in [3.05, 3.63) is 0 Å². The van der Waals surface area contributed by atoms with Crippen LogP contribution in [0.2, 0.25) is 0 Å². The Morgan fingerprint density at radius 2 is 2.05 bits per heavy atom. The molecule has 0 aromatic rings. The van der Waals surface area contributed by atoms with Gasteiger partial charge in [-0.25, -0.2) is 0 Å². The summed E-state index contributed by atoms with van der Waals surface area (Å²) < 4.78 is 5.45. The monoisotopic (exact) mass is 397 g/mol. The highest BCUT2D eigenvalue weighted by Gasteiger charge is 2.49. The van der Waals surface area contributed by atoms with Crippen molar-refractivity contribution in [1.82, 2.24) is 10.6 Å². The molecule has 0 aromatic heterocycles. The highest BCUT2D eigenvalue weighted by atomic mass is 127. The van der Waals surface area contributed by atoms with Crippen LogP contribution in [0.25, 0.3) is 0 Å². The Bertz CT molecular complexity index is 356. The lowest BCUT2D eigenvalue weighted by Gasteiger charge is -2.51. The molecule has 5 nitrogen and oxygen atoms in total. The summed E-state index contributed by atoms with van der Waals surface area (Å²) in [6.07, 6.45) is 4.19. The SMILES string of the molecule is CN=C(NCC1(O)CCC1)NC1CC(OC)C1(C)C.I. The van der Waals surface area contributed by atoms with E-state index in [4.69, 9.17) is 4.74 Å². The highest BCUT2D eigenvalue weighted by Crippen LogP contribution is 2.42. The van der Waals surface area contributed by atoms with Crippen molar-refractivity contribution < 1.29 is 9.84 Å². The number of nitrogens with one attached hydrogen (secondary N) is 2. The number of rotatable bonds is 4. The average molecular weight is 397 g/mol. The van der Waals surface area contributed by atoms with Gasteiger partial charge in [0.1, 0.15) is 0 Å². The van der Waals surface area contributed by atoms with E-state index < -0.39 is 5.60 Å². The molecule has 0 bridgehead atoms. The van der Waals surface area contributed by atoms with Crippen LogP contribution in [0.4, 0.5) is 0 Å². The molecule has 0 spiro atoms. The van der Waals surface area contributed by atoms with Crippen molar-refractivity contribution in [2.45, 2.75) is 57.3 Å². The predicted octanol–water partition coefficient (Wildman–Crippen LogP) is 1.50. The summed E-state index contributed by atoms with van der Waals surface area (Å²) in [5.74, 6) is 0.771. The topological polar surface area (TPSA) is 65.9 Å². The molecule has 0 aromatic carbocycles. The van der Waals surface area contributed by atoms with E-state index in [2.05, 4.69) is 29.5 Å². The summed E-state index contributed by atoms with van der Waals surface area (Å²) in [6.45, 7) is 4.98. The third-order valence-corrected chi connectivity index (χ3v) is 4.87. The van der Waals surface area contributed by atoms with Gasteiger partial charge in [0.15, 0.2) is 5.96 Å². The zero-order chi connectivity index (χ0) is 14.1. The number of aliphatic imine (C=N–C) groups is 1. The Morgan fingerprint density at radius 1 is 1.40 bits per heavy atom. The third kappa shape index (κ3) is 3.57. The predicted molar refractivity (Wildman–Crippen MR) is 91.7 cm³/mol. The fourth-order valence-electron chi connectivity index (χ4n) is 2.90. The molecule has 0 aliphatic heterocycles. The first kappa shape index (κ1) is 18.0. The number of halogens is 1. The van der Waals surface area contributed by atoms with E-state index in [9.17, 15) is 5.11 Å². The Morgan fingerprint density at radius 3 is 2.45 bits per heavy atom. The second kappa shape index (κ2) is 6.79. The normalized spacial score (nSPS) is 30.6. The molecule has 0 amide bonds. The smallest absolute Gasteiger partial charge is 0.191 e. The zero-order valence-corrected chi connectivity index (χ0v) is 15.2. The molecular formula is C14H28IN3O2. The Balaban J connectivity index is 0.00000200. The van der Waals surface area contributed by atoms with Gasteiger partial charge in [-0.1, -0.05) is 13.8 Å². The second-order valence-electron chi connectivity index (χ2n) is 6.48. The van der Waals surface area contributed by atoms with Crippen LogP contribution < -0.4 is 10.6 Å². The molecular weight excluding hydrogens is 369 g/mol. The van der Waals surface area contributed by atoms with Crippen LogP contribution in [0, 0.1) is 5.41 Å². The minimum absolute atomic E-state index is 0. The molecule has 2 aliphatic carbocycles. The maximum absolute atomic E-state index is 10.1. The molecule has 3 N–H and O–H groups in total. The molecule has 0 heterocycles. The van der Waals surface area contributed by atoms with Gasteiger partial charge in [-0.15, -0.1) is 24.0 Å². The Kier molecular flexibility index (Phi) is 6.10. The molecule has 0 radical (unpaired) electrons. The summed E-state index contributed by atoms with van der Waals surface area (Å²) in [4.78, 5) is 4.23. The average Bonchev–Trinajstić information content (AvgIpc) is 2.35. The lowest BCUT2D eigenvalue weighted by Crippen LogP contribution is -2.64. The molecule has 2 saturated carbocycles. The third-order valence-electron chi connectivity index (χ3n) is 4.87. The van der Waals surface area contributed by atoms with Gasteiger partial charge in [0.2, 0.25) is 0 Å². The first-order valence-electron chi connectivity index (χ1n) is 7.14. The molecule has 0 saturated heterocycles. The van der Waals surface area contributed by atoms with Crippen molar-refractivity contribution in [1.29, 1.82) is 0 Å². The van der Waals surface area contributed by atoms with Crippen molar-refractivity contribution in [3.8, 4) is 0 Å². The first-order chi connectivity index (χ1) is 8.91. The van der Waals surface area contributed by atoms with E-state index in [0.29, 0.717) is 18.7 Å². The van der Waals surface area contributed by atoms with Gasteiger partial charge < -0.3 is 20.5 Å². The molecule has 2 unspecified atom stereocenters. The van der Waals surface area contributed by atoms with E-state index >= 15 is 0 Å². The number of hydrogen-bond donors (Lipinski definition) is 3. The minimum Gasteiger partial charge on any atom is -0.388 e. The molecule has 2 rings (SSSR count). The van der Waals surface area contributed by atoms with Gasteiger partial charge in [-0.2, -0.15) is 0 Å². The van der Waals surface area contributed by atoms with Crippen LogP contribution in [0.1, 0.15) is 39.5 Å². The molecule has 118 valence electrons. The van der Waals surface area contributed by atoms with E-state index in [1.54, 1.807) is 14.2 Å². The van der Waals surface area contributed by atoms with E-state index in [1.807, 2.05) is 0 Å². The lowest BCUT2D eigenvalue weighted by atomic mass is 9.64. The fourth-order valence-corrected chi connectivity index (χ4v) is 2.90. The summed E-state index contributed by atoms with van der Waals surface area (Å²) >= 11 is 0. The fraction of sp³-hybridized carbons (Fsp3) is 0.929. The summed E-state index contributed by atoms with van der Waals surface area (Å²) in [6, 6.07) is 0.361. The van der Waals surface area contributed by atoms with E-state index in [1.165, 1.54) is 0 Å². The molecule has 2 fully saturated rings. The maximum Gasteiger partial charge on any atom is 0.191 e. The number of guanidine groups is 1. The number of ether oxygens (including phenoxy) is 1. The lowest BCUT2D eigenvalue weighted by molar-refractivity contribution is -0.0924. The van der Waals surface area contributed by atoms with Crippen LogP contribution in [0.15, 0.2) is 4.99 Å². The van der Waals surface area contributed by atoms with Gasteiger partial charge in [-0.3, -0.25) is 4.99 Å². The Labute approximate surface area is 139 Å². The van der Waals surface area contributed by atoms with Crippen LogP contribution in [0.5, 0.6) is 0 Å². The molecule has 2 atom stereocenters. The van der Waals surface area contributed by atoms with Crippen molar-refractivity contribution in [2.75, 3.05) is 20.7 Å². The molecule has 6 heteroatoms. The van der Waals surface area contributed by atoms with Gasteiger partial charge in [-0.05, 0) is 25.7 Å². The number of aliphatic hydroxyl groups is 1. The van der Waals surface area contributed by atoms with Crippen molar-refractivity contribution in [3.63, 3.8) is 0 Å². The highest BCUT2D eigenvalue weighted by molar-refractivity contribution is 14.0. The molecule has 20 heavy (non-hydrogen) atoms. The van der Waals surface area contributed by atoms with Gasteiger partial charge >= 0.3 is 0 Å². The van der Waals surface area contributed by atoms with Crippen LogP contribution in [-0.4, -0.2) is 49.5 Å². The maximum atomic E-state index is 10.1. The molecule has 2 aliphatic rings. The quantitative estimate of drug-likeness (QED) is 0.382. The van der Waals surface area contributed by atoms with Crippen molar-refractivity contribution in [2.24, 2.45) is 10.4 Å². The summed E-state index contributed by atoms with van der Waals surface area (Å²) in [5, 5.41) is 16.7. The number of nitrogens with zero attached hydrogens (tertiary/aromatic N) is 1. The van der Waals surface area contributed by atoms with Gasteiger partial charge in [0, 0.05) is 32.2 Å². The number of methoxy groups -OCH3 is 1.